The Morgan fingerprint density at radius 1 is 0.767 bits per heavy atom. The van der Waals surface area contributed by atoms with Crippen LogP contribution in [0.25, 0.3) is 22.3 Å². The van der Waals surface area contributed by atoms with Gasteiger partial charge in [0.25, 0.3) is 0 Å². The second kappa shape index (κ2) is 11.8. The Bertz CT molecular complexity index is 1540. The lowest BCUT2D eigenvalue weighted by Gasteiger charge is -2.42. The minimum atomic E-state index is -1.82. The molecule has 5 rings (SSSR count). The molecule has 3 heterocycles. The molecule has 0 unspecified atom stereocenters. The predicted octanol–water partition coefficient (Wildman–Crippen LogP) is -1.69. The summed E-state index contributed by atoms with van der Waals surface area (Å²) < 4.78 is 27.3. The molecule has 16 nitrogen and oxygen atoms in total. The van der Waals surface area contributed by atoms with Gasteiger partial charge < -0.3 is 74.4 Å². The number of fused-ring (bicyclic) bond motifs is 1. The third-order valence-electron chi connectivity index (χ3n) is 7.30. The van der Waals surface area contributed by atoms with Crippen molar-refractivity contribution in [3.8, 4) is 40.1 Å². The third kappa shape index (κ3) is 5.67. The van der Waals surface area contributed by atoms with Crippen molar-refractivity contribution in [3.05, 3.63) is 40.6 Å². The number of aliphatic hydroxyl groups excluding tert-OH is 6. The number of phenolic OH excluding ortho intramolecular Hbond substituents is 3. The van der Waals surface area contributed by atoms with Crippen LogP contribution in [0.3, 0.4) is 0 Å². The highest BCUT2D eigenvalue weighted by molar-refractivity contribution is 5.88. The van der Waals surface area contributed by atoms with Crippen molar-refractivity contribution in [2.75, 3.05) is 6.61 Å². The molecule has 2 fully saturated rings. The molecule has 43 heavy (non-hydrogen) atoms. The largest absolute Gasteiger partial charge is 0.508 e. The van der Waals surface area contributed by atoms with E-state index < -0.39 is 102 Å². The third-order valence-corrected chi connectivity index (χ3v) is 7.30. The molecule has 16 heteroatoms. The number of ether oxygens (including phenoxy) is 4. The van der Waals surface area contributed by atoms with Crippen LogP contribution in [0, 0.1) is 0 Å². The molecule has 0 bridgehead atoms. The number of aromatic hydroxyl groups is 4. The second-order valence-corrected chi connectivity index (χ2v) is 10.3. The fraction of sp³-hybridized carbons (Fsp3) is 0.444. The van der Waals surface area contributed by atoms with Gasteiger partial charge in [-0.05, 0) is 25.1 Å². The maximum Gasteiger partial charge on any atom is 0.238 e. The molecule has 0 spiro atoms. The first-order valence-corrected chi connectivity index (χ1v) is 13.0. The van der Waals surface area contributed by atoms with E-state index in [9.17, 15) is 55.9 Å². The molecule has 2 saturated heterocycles. The van der Waals surface area contributed by atoms with Gasteiger partial charge in [-0.1, -0.05) is 0 Å². The average Bonchev–Trinajstić information content (AvgIpc) is 2.96. The van der Waals surface area contributed by atoms with E-state index in [1.54, 1.807) is 0 Å². The number of rotatable bonds is 6. The number of hydrogen-bond acceptors (Lipinski definition) is 16. The summed E-state index contributed by atoms with van der Waals surface area (Å²) in [6.07, 6.45) is -15.3. The van der Waals surface area contributed by atoms with Crippen LogP contribution in [0.2, 0.25) is 0 Å². The number of hydrogen-bond donors (Lipinski definition) is 10. The molecule has 3 aromatic rings. The van der Waals surface area contributed by atoms with E-state index in [-0.39, 0.29) is 22.3 Å². The van der Waals surface area contributed by atoms with Crippen molar-refractivity contribution in [2.24, 2.45) is 0 Å². The first-order chi connectivity index (χ1) is 20.3. The molecule has 0 amide bonds. The minimum absolute atomic E-state index is 0.0244. The number of aliphatic hydroxyl groups is 6. The first-order valence-electron chi connectivity index (χ1n) is 13.0. The van der Waals surface area contributed by atoms with Crippen molar-refractivity contribution in [3.63, 3.8) is 0 Å². The van der Waals surface area contributed by atoms with Gasteiger partial charge in [-0.3, -0.25) is 4.79 Å². The maximum absolute atomic E-state index is 12.6. The molecule has 2 aromatic carbocycles. The van der Waals surface area contributed by atoms with Crippen molar-refractivity contribution >= 4 is 11.0 Å². The molecule has 2 aliphatic heterocycles. The molecule has 0 saturated carbocycles. The van der Waals surface area contributed by atoms with Gasteiger partial charge in [0.2, 0.25) is 17.5 Å². The summed E-state index contributed by atoms with van der Waals surface area (Å²) in [6.45, 7) is 0.910. The molecule has 2 aliphatic rings. The van der Waals surface area contributed by atoms with Crippen LogP contribution in [0.4, 0.5) is 0 Å². The molecular weight excluding hydrogens is 580 g/mol. The summed E-state index contributed by atoms with van der Waals surface area (Å²) in [7, 11) is 0. The lowest BCUT2D eigenvalue weighted by Crippen LogP contribution is -2.61. The Balaban J connectivity index is 1.33. The van der Waals surface area contributed by atoms with Gasteiger partial charge in [-0.2, -0.15) is 0 Å². The van der Waals surface area contributed by atoms with Crippen molar-refractivity contribution in [1.82, 2.24) is 0 Å². The summed E-state index contributed by atoms with van der Waals surface area (Å²) in [6, 6.07) is 5.39. The van der Waals surface area contributed by atoms with Gasteiger partial charge in [-0.25, -0.2) is 0 Å². The van der Waals surface area contributed by atoms with Gasteiger partial charge in [-0.15, -0.1) is 0 Å². The van der Waals surface area contributed by atoms with E-state index in [4.69, 9.17) is 23.4 Å². The van der Waals surface area contributed by atoms with Crippen LogP contribution in [-0.2, 0) is 14.2 Å². The monoisotopic (exact) mass is 610 g/mol. The van der Waals surface area contributed by atoms with Gasteiger partial charge in [0.15, 0.2) is 23.5 Å². The first kappa shape index (κ1) is 30.7. The normalized spacial score (nSPS) is 33.0. The molecule has 10 atom stereocenters. The zero-order valence-corrected chi connectivity index (χ0v) is 22.3. The highest BCUT2D eigenvalue weighted by Crippen LogP contribution is 2.39. The van der Waals surface area contributed by atoms with E-state index in [0.717, 1.165) is 24.3 Å². The van der Waals surface area contributed by atoms with E-state index in [1.807, 2.05) is 0 Å². The molecule has 1 aromatic heterocycles. The molecule has 234 valence electrons. The van der Waals surface area contributed by atoms with Crippen LogP contribution in [0.15, 0.2) is 39.5 Å². The molecular formula is C27H30O16. The topological polar surface area (TPSA) is 269 Å². The molecule has 0 radical (unpaired) electrons. The Labute approximate surface area is 241 Å². The van der Waals surface area contributed by atoms with Gasteiger partial charge in [0.05, 0.1) is 12.7 Å². The van der Waals surface area contributed by atoms with Gasteiger partial charge in [0, 0.05) is 17.7 Å². The van der Waals surface area contributed by atoms with E-state index in [0.29, 0.717) is 0 Å². The standard InChI is InChI=1S/C27H30O16/c1-8-17(31)20(34)23(37)26(40-8)39-7-15-18(32)21(35)24(38)27(43-15)42-13-3-2-9(4-11(13)29)25-22(36)19(33)16-12(30)5-10(28)6-14(16)41-25/h2-6,8,15,17-18,20-21,23-24,26-32,34-38H,7H2,1H3/t8-,15-,17-,18-,20+,21+,23+,24-,26-,27-/m1/s1. The maximum atomic E-state index is 12.6. The predicted molar refractivity (Wildman–Crippen MR) is 140 cm³/mol. The molecule has 10 N–H and O–H groups in total. The van der Waals surface area contributed by atoms with E-state index in [1.165, 1.54) is 13.0 Å². The summed E-state index contributed by atoms with van der Waals surface area (Å²) in [4.78, 5) is 12.6. The second-order valence-electron chi connectivity index (χ2n) is 10.3. The Morgan fingerprint density at radius 2 is 1.44 bits per heavy atom. The number of phenols is 3. The fourth-order valence-electron chi connectivity index (χ4n) is 4.85. The van der Waals surface area contributed by atoms with Crippen LogP contribution >= 0.6 is 0 Å². The Kier molecular flexibility index (Phi) is 8.41. The quantitative estimate of drug-likeness (QED) is 0.149. The zero-order chi connectivity index (χ0) is 31.3. The summed E-state index contributed by atoms with van der Waals surface area (Å²) >= 11 is 0. The smallest absolute Gasteiger partial charge is 0.238 e. The van der Waals surface area contributed by atoms with Crippen LogP contribution < -0.4 is 10.2 Å². The Morgan fingerprint density at radius 3 is 2.14 bits per heavy atom. The highest BCUT2D eigenvalue weighted by Gasteiger charge is 2.47. The zero-order valence-electron chi connectivity index (χ0n) is 22.3. The van der Waals surface area contributed by atoms with E-state index >= 15 is 0 Å². The summed E-state index contributed by atoms with van der Waals surface area (Å²) in [5.41, 5.74) is -1.27. The minimum Gasteiger partial charge on any atom is -0.508 e. The number of benzene rings is 2. The lowest BCUT2D eigenvalue weighted by molar-refractivity contribution is -0.318. The summed E-state index contributed by atoms with van der Waals surface area (Å²) in [5, 5.41) is 102. The molecule has 0 aliphatic carbocycles. The highest BCUT2D eigenvalue weighted by atomic mass is 16.7. The van der Waals surface area contributed by atoms with E-state index in [2.05, 4.69) is 0 Å². The average molecular weight is 611 g/mol. The Hall–Kier alpha value is -3.71. The van der Waals surface area contributed by atoms with Crippen molar-refractivity contribution < 1.29 is 74.4 Å². The fourth-order valence-corrected chi connectivity index (χ4v) is 4.85. The van der Waals surface area contributed by atoms with Crippen LogP contribution in [0.5, 0.6) is 28.7 Å². The van der Waals surface area contributed by atoms with Crippen molar-refractivity contribution in [2.45, 2.75) is 68.3 Å². The van der Waals surface area contributed by atoms with Gasteiger partial charge >= 0.3 is 0 Å². The summed E-state index contributed by atoms with van der Waals surface area (Å²) in [5.74, 6) is -3.22. The van der Waals surface area contributed by atoms with Crippen LogP contribution in [-0.4, -0.2) is 119 Å². The van der Waals surface area contributed by atoms with Gasteiger partial charge in [0.1, 0.15) is 65.2 Å². The SMILES string of the molecule is C[C@H]1O[C@@H](OC[C@H]2O[C@@H](Oc3ccc(-c4oc5cc(O)cc(O)c5c(=O)c4O)cc3O)[C@H](O)[C@@H](O)[C@@H]2O)[C@@H](O)[C@@H](O)[C@@H]1O. The lowest BCUT2D eigenvalue weighted by atomic mass is 9.98. The van der Waals surface area contributed by atoms with Crippen LogP contribution in [0.1, 0.15) is 6.92 Å². The van der Waals surface area contributed by atoms with Crippen molar-refractivity contribution in [1.29, 1.82) is 0 Å².